The normalized spacial score (nSPS) is 18.2. The summed E-state index contributed by atoms with van der Waals surface area (Å²) in [5.74, 6) is 0. The predicted molar refractivity (Wildman–Crippen MR) is 54.6 cm³/mol. The largest absolute Gasteiger partial charge is 0.501 e. The van der Waals surface area contributed by atoms with Gasteiger partial charge < -0.3 is 10.5 Å². The average molecular weight is 195 g/mol. The maximum absolute atomic E-state index is 6.07. The molecule has 0 bridgehead atoms. The minimum atomic E-state index is 0.0347. The third-order valence-electron chi connectivity index (χ3n) is 2.25. The molecule has 0 spiro atoms. The number of ether oxygens (including phenoxy) is 1. The molecule has 2 nitrogen and oxygen atoms in total. The van der Waals surface area contributed by atoms with Crippen LogP contribution in [0.3, 0.4) is 0 Å². The highest BCUT2D eigenvalue weighted by atomic mass is 32.1. The number of rotatable bonds is 2. The molecule has 1 aromatic rings. The molecule has 0 saturated heterocycles. The van der Waals surface area contributed by atoms with Crippen molar-refractivity contribution < 1.29 is 4.74 Å². The van der Waals surface area contributed by atoms with Gasteiger partial charge in [-0.15, -0.1) is 11.3 Å². The fourth-order valence-electron chi connectivity index (χ4n) is 1.47. The van der Waals surface area contributed by atoms with E-state index in [1.54, 1.807) is 17.6 Å². The van der Waals surface area contributed by atoms with Crippen LogP contribution in [0.1, 0.15) is 22.9 Å². The second-order valence-electron chi connectivity index (χ2n) is 3.28. The van der Waals surface area contributed by atoms with Gasteiger partial charge in [0.1, 0.15) is 0 Å². The van der Waals surface area contributed by atoms with Crippen molar-refractivity contribution in [2.24, 2.45) is 5.73 Å². The Hall–Kier alpha value is -0.800. The molecule has 0 aliphatic carbocycles. The number of nitrogens with two attached hydrogens (primary N) is 1. The molecule has 2 rings (SSSR count). The summed E-state index contributed by atoms with van der Waals surface area (Å²) in [5.41, 5.74) is 8.49. The predicted octanol–water partition coefficient (Wildman–Crippen LogP) is 2.36. The zero-order valence-electron chi connectivity index (χ0n) is 7.62. The van der Waals surface area contributed by atoms with Crippen molar-refractivity contribution in [3.8, 4) is 0 Å². The van der Waals surface area contributed by atoms with Gasteiger partial charge in [0.05, 0.1) is 18.9 Å². The summed E-state index contributed by atoms with van der Waals surface area (Å²) < 4.78 is 5.17. The van der Waals surface area contributed by atoms with E-state index in [-0.39, 0.29) is 6.04 Å². The second kappa shape index (κ2) is 3.52. The number of aryl methyl sites for hydroxylation is 1. The molecule has 0 radical (unpaired) electrons. The van der Waals surface area contributed by atoms with Crippen LogP contribution in [-0.2, 0) is 4.74 Å². The molecule has 0 amide bonds. The quantitative estimate of drug-likeness (QED) is 0.786. The van der Waals surface area contributed by atoms with Crippen molar-refractivity contribution in [2.45, 2.75) is 19.4 Å². The van der Waals surface area contributed by atoms with E-state index in [0.717, 1.165) is 13.0 Å². The van der Waals surface area contributed by atoms with E-state index in [2.05, 4.69) is 18.4 Å². The smallest absolute Gasteiger partial charge is 0.0912 e. The standard InChI is InChI=1S/C10H13NOS/c1-7-4-9(6-13-7)10(11)8-2-3-12-5-8/h4-6,10H,2-3,11H2,1H3. The first-order valence-corrected chi connectivity index (χ1v) is 5.26. The third kappa shape index (κ3) is 1.76. The van der Waals surface area contributed by atoms with Crippen LogP contribution in [0.2, 0.25) is 0 Å². The lowest BCUT2D eigenvalue weighted by Crippen LogP contribution is -2.11. The lowest BCUT2D eigenvalue weighted by atomic mass is 10.0. The molecule has 0 fully saturated rings. The van der Waals surface area contributed by atoms with E-state index in [0.29, 0.717) is 0 Å². The number of hydrogen-bond acceptors (Lipinski definition) is 3. The summed E-state index contributed by atoms with van der Waals surface area (Å²) in [6, 6.07) is 2.18. The molecule has 2 heterocycles. The van der Waals surface area contributed by atoms with Crippen LogP contribution < -0.4 is 5.73 Å². The van der Waals surface area contributed by atoms with Crippen molar-refractivity contribution in [3.05, 3.63) is 33.7 Å². The topological polar surface area (TPSA) is 35.2 Å². The van der Waals surface area contributed by atoms with Gasteiger partial charge in [-0.05, 0) is 29.5 Å². The fraction of sp³-hybridized carbons (Fsp3) is 0.400. The molecule has 13 heavy (non-hydrogen) atoms. The molecule has 0 aromatic carbocycles. The Balaban J connectivity index is 2.16. The van der Waals surface area contributed by atoms with Gasteiger partial charge in [0.15, 0.2) is 0 Å². The van der Waals surface area contributed by atoms with Crippen molar-refractivity contribution in [1.29, 1.82) is 0 Å². The van der Waals surface area contributed by atoms with Crippen LogP contribution in [-0.4, -0.2) is 6.61 Å². The number of thiophene rings is 1. The fourth-order valence-corrected chi connectivity index (χ4v) is 2.21. The van der Waals surface area contributed by atoms with Crippen LogP contribution in [0, 0.1) is 6.92 Å². The molecule has 1 atom stereocenters. The van der Waals surface area contributed by atoms with Gasteiger partial charge in [-0.25, -0.2) is 0 Å². The minimum Gasteiger partial charge on any atom is -0.501 e. The Morgan fingerprint density at radius 2 is 2.46 bits per heavy atom. The maximum Gasteiger partial charge on any atom is 0.0912 e. The van der Waals surface area contributed by atoms with E-state index in [1.165, 1.54) is 16.0 Å². The second-order valence-corrected chi connectivity index (χ2v) is 4.40. The van der Waals surface area contributed by atoms with Gasteiger partial charge in [-0.3, -0.25) is 0 Å². The van der Waals surface area contributed by atoms with Gasteiger partial charge in [0.25, 0.3) is 0 Å². The molecule has 0 saturated carbocycles. The van der Waals surface area contributed by atoms with E-state index in [1.807, 2.05) is 0 Å². The Morgan fingerprint density at radius 1 is 1.62 bits per heavy atom. The summed E-state index contributed by atoms with van der Waals surface area (Å²) in [6.07, 6.45) is 2.77. The highest BCUT2D eigenvalue weighted by Gasteiger charge is 2.16. The molecular formula is C10H13NOS. The Labute approximate surface area is 82.0 Å². The van der Waals surface area contributed by atoms with Crippen molar-refractivity contribution >= 4 is 11.3 Å². The molecule has 1 unspecified atom stereocenters. The van der Waals surface area contributed by atoms with Crippen molar-refractivity contribution in [2.75, 3.05) is 6.61 Å². The summed E-state index contributed by atoms with van der Waals surface area (Å²) in [6.45, 7) is 2.88. The highest BCUT2D eigenvalue weighted by molar-refractivity contribution is 7.10. The first kappa shape index (κ1) is 8.78. The molecule has 2 N–H and O–H groups in total. The Morgan fingerprint density at radius 3 is 3.00 bits per heavy atom. The van der Waals surface area contributed by atoms with E-state index in [4.69, 9.17) is 10.5 Å². The molecule has 3 heteroatoms. The average Bonchev–Trinajstić information content (AvgIpc) is 2.72. The third-order valence-corrected chi connectivity index (χ3v) is 3.13. The number of hydrogen-bond donors (Lipinski definition) is 1. The maximum atomic E-state index is 6.07. The van der Waals surface area contributed by atoms with Crippen LogP contribution in [0.25, 0.3) is 0 Å². The van der Waals surface area contributed by atoms with Gasteiger partial charge in [-0.2, -0.15) is 0 Å². The van der Waals surface area contributed by atoms with E-state index in [9.17, 15) is 0 Å². The zero-order chi connectivity index (χ0) is 9.26. The van der Waals surface area contributed by atoms with Crippen molar-refractivity contribution in [1.82, 2.24) is 0 Å². The molecule has 70 valence electrons. The molecule has 1 aliphatic rings. The summed E-state index contributed by atoms with van der Waals surface area (Å²) >= 11 is 1.74. The van der Waals surface area contributed by atoms with Crippen LogP contribution in [0.4, 0.5) is 0 Å². The SMILES string of the molecule is Cc1cc(C(N)C2=COCC2)cs1. The zero-order valence-corrected chi connectivity index (χ0v) is 8.43. The highest BCUT2D eigenvalue weighted by Crippen LogP contribution is 2.27. The molecule has 1 aliphatic heterocycles. The Bertz CT molecular complexity index is 329. The lowest BCUT2D eigenvalue weighted by molar-refractivity contribution is 0.281. The van der Waals surface area contributed by atoms with E-state index < -0.39 is 0 Å². The van der Waals surface area contributed by atoms with Crippen LogP contribution in [0.5, 0.6) is 0 Å². The Kier molecular flexibility index (Phi) is 2.38. The van der Waals surface area contributed by atoms with Gasteiger partial charge in [0, 0.05) is 11.3 Å². The summed E-state index contributed by atoms with van der Waals surface area (Å²) in [5, 5.41) is 2.12. The summed E-state index contributed by atoms with van der Waals surface area (Å²) in [4.78, 5) is 1.31. The van der Waals surface area contributed by atoms with E-state index >= 15 is 0 Å². The molecular weight excluding hydrogens is 182 g/mol. The molecule has 1 aromatic heterocycles. The summed E-state index contributed by atoms with van der Waals surface area (Å²) in [7, 11) is 0. The van der Waals surface area contributed by atoms with Crippen molar-refractivity contribution in [3.63, 3.8) is 0 Å². The van der Waals surface area contributed by atoms with Gasteiger partial charge in [-0.1, -0.05) is 0 Å². The van der Waals surface area contributed by atoms with Gasteiger partial charge in [0.2, 0.25) is 0 Å². The first-order valence-electron chi connectivity index (χ1n) is 4.38. The van der Waals surface area contributed by atoms with Crippen LogP contribution in [0.15, 0.2) is 23.3 Å². The minimum absolute atomic E-state index is 0.0347. The van der Waals surface area contributed by atoms with Gasteiger partial charge >= 0.3 is 0 Å². The lowest BCUT2D eigenvalue weighted by Gasteiger charge is -2.08. The van der Waals surface area contributed by atoms with Crippen LogP contribution >= 0.6 is 11.3 Å². The first-order chi connectivity index (χ1) is 6.27. The monoisotopic (exact) mass is 195 g/mol.